The molecule has 5 nitrogen and oxygen atoms in total. The third-order valence-electron chi connectivity index (χ3n) is 3.25. The van der Waals surface area contributed by atoms with Crippen LogP contribution >= 0.6 is 0 Å². The molecule has 0 spiro atoms. The zero-order valence-corrected chi connectivity index (χ0v) is 8.98. The fraction of sp³-hybridized carbons (Fsp3) is 0.900. The van der Waals surface area contributed by atoms with Crippen LogP contribution in [0.25, 0.3) is 0 Å². The Hall–Kier alpha value is -0.650. The Bertz CT molecular complexity index is 241. The number of hydrogen-bond donors (Lipinski definition) is 2. The molecule has 0 aromatic heterocycles. The molecule has 0 radical (unpaired) electrons. The van der Waals surface area contributed by atoms with Gasteiger partial charge in [0.1, 0.15) is 0 Å². The highest BCUT2D eigenvalue weighted by Gasteiger charge is 2.37. The topological polar surface area (TPSA) is 61.8 Å². The fourth-order valence-corrected chi connectivity index (χ4v) is 2.16. The van der Waals surface area contributed by atoms with Crippen molar-refractivity contribution in [3.05, 3.63) is 0 Å². The molecule has 86 valence electrons. The first kappa shape index (κ1) is 10.9. The maximum Gasteiger partial charge on any atom is 0.239 e. The minimum Gasteiger partial charge on any atom is -0.396 e. The monoisotopic (exact) mass is 214 g/mol. The summed E-state index contributed by atoms with van der Waals surface area (Å²) < 4.78 is 5.19. The van der Waals surface area contributed by atoms with E-state index < -0.39 is 0 Å². The van der Waals surface area contributed by atoms with Gasteiger partial charge in [0.15, 0.2) is 0 Å². The van der Waals surface area contributed by atoms with Gasteiger partial charge in [-0.1, -0.05) is 0 Å². The molecule has 2 fully saturated rings. The number of nitrogens with one attached hydrogen (secondary N) is 1. The lowest BCUT2D eigenvalue weighted by Crippen LogP contribution is -2.56. The van der Waals surface area contributed by atoms with Crippen molar-refractivity contribution in [2.75, 3.05) is 33.4 Å². The Balaban J connectivity index is 1.78. The molecule has 0 aromatic rings. The molecule has 2 rings (SSSR count). The summed E-state index contributed by atoms with van der Waals surface area (Å²) in [6.45, 7) is 2.34. The van der Waals surface area contributed by atoms with Crippen LogP contribution in [0.4, 0.5) is 0 Å². The second-order valence-corrected chi connectivity index (χ2v) is 4.35. The van der Waals surface area contributed by atoms with Crippen LogP contribution in [0.1, 0.15) is 6.42 Å². The third-order valence-corrected chi connectivity index (χ3v) is 3.25. The van der Waals surface area contributed by atoms with E-state index in [1.54, 1.807) is 12.0 Å². The first-order valence-electron chi connectivity index (χ1n) is 5.40. The molecule has 0 saturated carbocycles. The van der Waals surface area contributed by atoms with E-state index in [4.69, 9.17) is 9.84 Å². The predicted molar refractivity (Wildman–Crippen MR) is 54.4 cm³/mol. The molecule has 5 heteroatoms. The largest absolute Gasteiger partial charge is 0.396 e. The Labute approximate surface area is 89.4 Å². The number of carbonyl (C=O) groups is 1. The number of hydrogen-bond acceptors (Lipinski definition) is 4. The van der Waals surface area contributed by atoms with Gasteiger partial charge in [-0.05, 0) is 6.42 Å². The number of nitrogens with zero attached hydrogens (tertiary/aromatic N) is 1. The van der Waals surface area contributed by atoms with Crippen molar-refractivity contribution in [3.8, 4) is 0 Å². The van der Waals surface area contributed by atoms with Crippen LogP contribution in [0.2, 0.25) is 0 Å². The Kier molecular flexibility index (Phi) is 3.23. The first-order valence-corrected chi connectivity index (χ1v) is 5.40. The summed E-state index contributed by atoms with van der Waals surface area (Å²) in [6, 6.07) is -0.0883. The Morgan fingerprint density at radius 1 is 1.60 bits per heavy atom. The van der Waals surface area contributed by atoms with E-state index >= 15 is 0 Å². The molecule has 2 heterocycles. The SMILES string of the molecule is COC1CNC(C(=O)N2CC(CO)C2)C1. The molecule has 2 aliphatic rings. The number of aliphatic hydroxyl groups is 1. The van der Waals surface area contributed by atoms with Gasteiger partial charge in [0.2, 0.25) is 5.91 Å². The summed E-state index contributed by atoms with van der Waals surface area (Å²) in [5, 5.41) is 12.0. The van der Waals surface area contributed by atoms with E-state index in [1.807, 2.05) is 0 Å². The van der Waals surface area contributed by atoms with Crippen molar-refractivity contribution in [2.45, 2.75) is 18.6 Å². The molecular formula is C10H18N2O3. The van der Waals surface area contributed by atoms with Crippen molar-refractivity contribution in [3.63, 3.8) is 0 Å². The standard InChI is InChI=1S/C10H18N2O3/c1-15-8-2-9(11-3-8)10(14)12-4-7(5-12)6-13/h7-9,11,13H,2-6H2,1H3. The Morgan fingerprint density at radius 2 is 2.33 bits per heavy atom. The van der Waals surface area contributed by atoms with Gasteiger partial charge in [0.05, 0.1) is 12.1 Å². The van der Waals surface area contributed by atoms with Crippen molar-refractivity contribution < 1.29 is 14.6 Å². The molecule has 0 bridgehead atoms. The van der Waals surface area contributed by atoms with Crippen LogP contribution in [0.5, 0.6) is 0 Å². The van der Waals surface area contributed by atoms with Crippen molar-refractivity contribution >= 4 is 5.91 Å². The summed E-state index contributed by atoms with van der Waals surface area (Å²) in [6.07, 6.45) is 0.921. The van der Waals surface area contributed by atoms with Crippen LogP contribution in [-0.4, -0.2) is 61.4 Å². The quantitative estimate of drug-likeness (QED) is 0.620. The molecule has 1 amide bonds. The lowest BCUT2D eigenvalue weighted by Gasteiger charge is -2.39. The minimum atomic E-state index is -0.0883. The van der Waals surface area contributed by atoms with Gasteiger partial charge in [-0.3, -0.25) is 4.79 Å². The van der Waals surface area contributed by atoms with Gasteiger partial charge in [-0.15, -0.1) is 0 Å². The molecule has 0 aliphatic carbocycles. The highest BCUT2D eigenvalue weighted by atomic mass is 16.5. The molecule has 2 unspecified atom stereocenters. The van der Waals surface area contributed by atoms with E-state index in [0.29, 0.717) is 13.1 Å². The number of rotatable bonds is 3. The highest BCUT2D eigenvalue weighted by molar-refractivity contribution is 5.83. The van der Waals surface area contributed by atoms with E-state index in [1.165, 1.54) is 0 Å². The zero-order valence-electron chi connectivity index (χ0n) is 8.98. The van der Waals surface area contributed by atoms with Crippen molar-refractivity contribution in [1.29, 1.82) is 0 Å². The van der Waals surface area contributed by atoms with E-state index in [9.17, 15) is 4.79 Å². The third kappa shape index (κ3) is 2.14. The van der Waals surface area contributed by atoms with E-state index in [0.717, 1.165) is 13.0 Å². The second-order valence-electron chi connectivity index (χ2n) is 4.35. The molecular weight excluding hydrogens is 196 g/mol. The molecule has 2 N–H and O–H groups in total. The van der Waals surface area contributed by atoms with Crippen LogP contribution < -0.4 is 5.32 Å². The summed E-state index contributed by atoms with van der Waals surface area (Å²) in [4.78, 5) is 13.7. The van der Waals surface area contributed by atoms with Crippen LogP contribution in [0.15, 0.2) is 0 Å². The molecule has 2 saturated heterocycles. The number of ether oxygens (including phenoxy) is 1. The first-order chi connectivity index (χ1) is 7.24. The van der Waals surface area contributed by atoms with Gasteiger partial charge >= 0.3 is 0 Å². The van der Waals surface area contributed by atoms with Gasteiger partial charge in [0.25, 0.3) is 0 Å². The van der Waals surface area contributed by atoms with Crippen molar-refractivity contribution in [1.82, 2.24) is 10.2 Å². The number of carbonyl (C=O) groups excluding carboxylic acids is 1. The summed E-state index contributed by atoms with van der Waals surface area (Å²) in [7, 11) is 1.67. The van der Waals surface area contributed by atoms with Gasteiger partial charge in [0, 0.05) is 39.3 Å². The molecule has 2 aliphatic heterocycles. The average Bonchev–Trinajstić information content (AvgIpc) is 2.64. The fourth-order valence-electron chi connectivity index (χ4n) is 2.16. The number of amides is 1. The average molecular weight is 214 g/mol. The van der Waals surface area contributed by atoms with Crippen LogP contribution in [0.3, 0.4) is 0 Å². The summed E-state index contributed by atoms with van der Waals surface area (Å²) in [5.41, 5.74) is 0. The Morgan fingerprint density at radius 3 is 2.87 bits per heavy atom. The number of likely N-dealkylation sites (tertiary alicyclic amines) is 1. The number of aliphatic hydroxyl groups excluding tert-OH is 1. The van der Waals surface area contributed by atoms with Gasteiger partial charge < -0.3 is 20.1 Å². The molecule has 15 heavy (non-hydrogen) atoms. The highest BCUT2D eigenvalue weighted by Crippen LogP contribution is 2.19. The zero-order chi connectivity index (χ0) is 10.8. The van der Waals surface area contributed by atoms with Gasteiger partial charge in [-0.2, -0.15) is 0 Å². The van der Waals surface area contributed by atoms with Crippen LogP contribution in [0, 0.1) is 5.92 Å². The van der Waals surface area contributed by atoms with Crippen LogP contribution in [-0.2, 0) is 9.53 Å². The summed E-state index contributed by atoms with van der Waals surface area (Å²) >= 11 is 0. The second kappa shape index (κ2) is 4.47. The summed E-state index contributed by atoms with van der Waals surface area (Å²) in [5.74, 6) is 0.438. The molecule has 0 aromatic carbocycles. The van der Waals surface area contributed by atoms with E-state index in [2.05, 4.69) is 5.32 Å². The lowest BCUT2D eigenvalue weighted by atomic mass is 10.00. The normalized spacial score (nSPS) is 31.7. The maximum atomic E-state index is 11.9. The predicted octanol–water partition coefficient (Wildman–Crippen LogP) is -1.19. The van der Waals surface area contributed by atoms with Crippen molar-refractivity contribution in [2.24, 2.45) is 5.92 Å². The van der Waals surface area contributed by atoms with Gasteiger partial charge in [-0.25, -0.2) is 0 Å². The smallest absolute Gasteiger partial charge is 0.239 e. The lowest BCUT2D eigenvalue weighted by molar-refractivity contribution is -0.140. The maximum absolute atomic E-state index is 11.9. The van der Waals surface area contributed by atoms with E-state index in [-0.39, 0.29) is 30.6 Å². The molecule has 2 atom stereocenters. The number of methoxy groups -OCH3 is 1. The minimum absolute atomic E-state index is 0.0883.